The number of hydrogen-bond donors (Lipinski definition) is 2. The molecule has 1 fully saturated rings. The van der Waals surface area contributed by atoms with E-state index in [1.165, 1.54) is 0 Å². The highest BCUT2D eigenvalue weighted by Gasteiger charge is 2.31. The molecule has 3 aromatic rings. The lowest BCUT2D eigenvalue weighted by Crippen LogP contribution is -2.39. The molecular formula is C21H22N2O3. The lowest BCUT2D eigenvalue weighted by Gasteiger charge is -2.22. The number of carbonyl (C=O) groups excluding carboxylic acids is 2. The van der Waals surface area contributed by atoms with Crippen molar-refractivity contribution in [1.29, 1.82) is 0 Å². The fraction of sp³-hybridized carbons (Fsp3) is 0.333. The number of amides is 2. The Morgan fingerprint density at radius 1 is 1.15 bits per heavy atom. The normalized spacial score (nSPS) is 18.3. The molecule has 0 aliphatic carbocycles. The third-order valence-electron chi connectivity index (χ3n) is 4.72. The molecule has 2 aromatic carbocycles. The van der Waals surface area contributed by atoms with Crippen molar-refractivity contribution in [1.82, 2.24) is 5.32 Å². The Kier molecular flexibility index (Phi) is 3.75. The van der Waals surface area contributed by atoms with Crippen molar-refractivity contribution in [3.63, 3.8) is 0 Å². The molecule has 2 amide bonds. The van der Waals surface area contributed by atoms with Crippen LogP contribution in [0.5, 0.6) is 0 Å². The minimum atomic E-state index is -0.355. The summed E-state index contributed by atoms with van der Waals surface area (Å²) in [6.45, 7) is 6.37. The van der Waals surface area contributed by atoms with Crippen molar-refractivity contribution in [2.45, 2.75) is 45.1 Å². The molecule has 1 aliphatic heterocycles. The first kappa shape index (κ1) is 16.6. The van der Waals surface area contributed by atoms with Gasteiger partial charge in [-0.1, -0.05) is 12.1 Å². The molecule has 5 heteroatoms. The van der Waals surface area contributed by atoms with Gasteiger partial charge in [0.2, 0.25) is 11.8 Å². The number of furan rings is 1. The van der Waals surface area contributed by atoms with Crippen molar-refractivity contribution in [2.75, 3.05) is 5.32 Å². The van der Waals surface area contributed by atoms with Crippen molar-refractivity contribution in [3.05, 3.63) is 42.2 Å². The molecule has 1 aliphatic rings. The maximum absolute atomic E-state index is 12.3. The third kappa shape index (κ3) is 2.94. The molecule has 134 valence electrons. The summed E-state index contributed by atoms with van der Waals surface area (Å²) in [6, 6.07) is 10.2. The van der Waals surface area contributed by atoms with Crippen LogP contribution in [0.4, 0.5) is 5.69 Å². The second kappa shape index (κ2) is 5.87. The molecule has 1 aromatic heterocycles. The highest BCUT2D eigenvalue weighted by Crippen LogP contribution is 2.37. The van der Waals surface area contributed by atoms with Crippen LogP contribution < -0.4 is 10.6 Å². The molecule has 1 atom stereocenters. The van der Waals surface area contributed by atoms with Gasteiger partial charge in [0, 0.05) is 28.6 Å². The Labute approximate surface area is 151 Å². The predicted octanol–water partition coefficient (Wildman–Crippen LogP) is 4.32. The number of rotatable bonds is 2. The summed E-state index contributed by atoms with van der Waals surface area (Å²) in [4.78, 5) is 23.8. The molecular weight excluding hydrogens is 328 g/mol. The van der Waals surface area contributed by atoms with E-state index in [0.717, 1.165) is 33.0 Å². The van der Waals surface area contributed by atoms with Gasteiger partial charge in [-0.3, -0.25) is 14.9 Å². The van der Waals surface area contributed by atoms with Gasteiger partial charge in [0.15, 0.2) is 0 Å². The number of nitrogens with one attached hydrogen (secondary N) is 2. The van der Waals surface area contributed by atoms with E-state index in [4.69, 9.17) is 4.42 Å². The molecule has 1 saturated heterocycles. The number of anilines is 1. The lowest BCUT2D eigenvalue weighted by atomic mass is 9.89. The second-order valence-corrected chi connectivity index (χ2v) is 7.94. The Morgan fingerprint density at radius 3 is 2.69 bits per heavy atom. The maximum atomic E-state index is 12.3. The number of carbonyl (C=O) groups is 2. The SMILES string of the molecule is CC(C)(C)Nc1ccc2c(ccc3occ(C4CCC(=O)NC4=O)c32)c1. The molecule has 0 radical (unpaired) electrons. The van der Waals surface area contributed by atoms with Crippen LogP contribution in [0.25, 0.3) is 21.7 Å². The van der Waals surface area contributed by atoms with E-state index in [0.29, 0.717) is 12.8 Å². The molecule has 5 nitrogen and oxygen atoms in total. The third-order valence-corrected chi connectivity index (χ3v) is 4.72. The summed E-state index contributed by atoms with van der Waals surface area (Å²) in [6.07, 6.45) is 2.53. The van der Waals surface area contributed by atoms with Gasteiger partial charge >= 0.3 is 0 Å². The summed E-state index contributed by atoms with van der Waals surface area (Å²) >= 11 is 0. The van der Waals surface area contributed by atoms with Gasteiger partial charge in [-0.2, -0.15) is 0 Å². The fourth-order valence-corrected chi connectivity index (χ4v) is 3.65. The lowest BCUT2D eigenvalue weighted by molar-refractivity contribution is -0.134. The molecule has 0 bridgehead atoms. The summed E-state index contributed by atoms with van der Waals surface area (Å²) in [5, 5.41) is 9.01. The quantitative estimate of drug-likeness (QED) is 0.675. The first-order chi connectivity index (χ1) is 12.3. The van der Waals surface area contributed by atoms with E-state index in [9.17, 15) is 9.59 Å². The maximum Gasteiger partial charge on any atom is 0.234 e. The van der Waals surface area contributed by atoms with Gasteiger partial charge < -0.3 is 9.73 Å². The number of fused-ring (bicyclic) bond motifs is 3. The van der Waals surface area contributed by atoms with Crippen LogP contribution >= 0.6 is 0 Å². The van der Waals surface area contributed by atoms with Crippen molar-refractivity contribution in [3.8, 4) is 0 Å². The van der Waals surface area contributed by atoms with Crippen LogP contribution in [-0.2, 0) is 9.59 Å². The van der Waals surface area contributed by atoms with E-state index in [2.05, 4.69) is 43.5 Å². The Bertz CT molecular complexity index is 1030. The first-order valence-corrected chi connectivity index (χ1v) is 8.87. The topological polar surface area (TPSA) is 71.3 Å². The van der Waals surface area contributed by atoms with Crippen molar-refractivity contribution >= 4 is 39.2 Å². The molecule has 4 rings (SSSR count). The van der Waals surface area contributed by atoms with Crippen LogP contribution in [0.3, 0.4) is 0 Å². The van der Waals surface area contributed by atoms with Crippen molar-refractivity contribution < 1.29 is 14.0 Å². The van der Waals surface area contributed by atoms with E-state index >= 15 is 0 Å². The van der Waals surface area contributed by atoms with Gasteiger partial charge in [0.25, 0.3) is 0 Å². The second-order valence-electron chi connectivity index (χ2n) is 7.94. The van der Waals surface area contributed by atoms with Crippen LogP contribution in [0.2, 0.25) is 0 Å². The monoisotopic (exact) mass is 350 g/mol. The summed E-state index contributed by atoms with van der Waals surface area (Å²) in [5.74, 6) is -0.805. The smallest absolute Gasteiger partial charge is 0.234 e. The molecule has 26 heavy (non-hydrogen) atoms. The van der Waals surface area contributed by atoms with E-state index in [-0.39, 0.29) is 23.3 Å². The zero-order chi connectivity index (χ0) is 18.5. The molecule has 2 heterocycles. The molecule has 0 saturated carbocycles. The number of benzene rings is 2. The van der Waals surface area contributed by atoms with Crippen LogP contribution in [0.15, 0.2) is 41.0 Å². The van der Waals surface area contributed by atoms with Crippen LogP contribution in [-0.4, -0.2) is 17.4 Å². The zero-order valence-corrected chi connectivity index (χ0v) is 15.2. The van der Waals surface area contributed by atoms with Gasteiger partial charge in [-0.15, -0.1) is 0 Å². The van der Waals surface area contributed by atoms with Crippen molar-refractivity contribution in [2.24, 2.45) is 0 Å². The number of piperidine rings is 1. The van der Waals surface area contributed by atoms with Gasteiger partial charge in [-0.05, 0) is 56.2 Å². The minimum Gasteiger partial charge on any atom is -0.464 e. The Morgan fingerprint density at radius 2 is 1.96 bits per heavy atom. The zero-order valence-electron chi connectivity index (χ0n) is 15.2. The van der Waals surface area contributed by atoms with Crippen LogP contribution in [0, 0.1) is 0 Å². The van der Waals surface area contributed by atoms with Crippen LogP contribution in [0.1, 0.15) is 45.1 Å². The Hall–Kier alpha value is -2.82. The number of hydrogen-bond acceptors (Lipinski definition) is 4. The molecule has 2 N–H and O–H groups in total. The van der Waals surface area contributed by atoms with E-state index in [1.54, 1.807) is 6.26 Å². The average molecular weight is 350 g/mol. The standard InChI is InChI=1S/C21H22N2O3/c1-21(2,3)23-13-5-6-14-12(10-13)4-8-17-19(14)16(11-26-17)15-7-9-18(24)22-20(15)25/h4-6,8,10-11,15,23H,7,9H2,1-3H3,(H,22,24,25). The first-order valence-electron chi connectivity index (χ1n) is 8.87. The van der Waals surface area contributed by atoms with E-state index < -0.39 is 0 Å². The molecule has 1 unspecified atom stereocenters. The van der Waals surface area contributed by atoms with Gasteiger partial charge in [-0.25, -0.2) is 0 Å². The average Bonchev–Trinajstić information content (AvgIpc) is 2.97. The summed E-state index contributed by atoms with van der Waals surface area (Å²) in [5.41, 5.74) is 2.64. The summed E-state index contributed by atoms with van der Waals surface area (Å²) < 4.78 is 5.72. The van der Waals surface area contributed by atoms with Gasteiger partial charge in [0.1, 0.15) is 5.58 Å². The molecule has 0 spiro atoms. The number of imide groups is 1. The summed E-state index contributed by atoms with van der Waals surface area (Å²) in [7, 11) is 0. The van der Waals surface area contributed by atoms with E-state index in [1.807, 2.05) is 18.2 Å². The predicted molar refractivity (Wildman–Crippen MR) is 102 cm³/mol. The fourth-order valence-electron chi connectivity index (χ4n) is 3.65. The van der Waals surface area contributed by atoms with Gasteiger partial charge in [0.05, 0.1) is 12.2 Å². The highest BCUT2D eigenvalue weighted by atomic mass is 16.3. The highest BCUT2D eigenvalue weighted by molar-refractivity contribution is 6.11. The largest absolute Gasteiger partial charge is 0.464 e. The Balaban J connectivity index is 1.83. The minimum absolute atomic E-state index is 0.0225.